The zero-order valence-corrected chi connectivity index (χ0v) is 18.0. The van der Waals surface area contributed by atoms with Gasteiger partial charge in [0.15, 0.2) is 17.5 Å². The van der Waals surface area contributed by atoms with Gasteiger partial charge in [-0.2, -0.15) is 0 Å². The largest absolute Gasteiger partial charge is 0.493 e. The molecule has 2 N–H and O–H groups in total. The number of pyridine rings is 1. The van der Waals surface area contributed by atoms with Crippen LogP contribution in [0.4, 0.5) is 11.5 Å². The number of guanidine groups is 1. The molecule has 1 aliphatic rings. The number of hydrogen-bond acceptors (Lipinski definition) is 6. The third-order valence-corrected chi connectivity index (χ3v) is 4.66. The average molecular weight is 414 g/mol. The highest BCUT2D eigenvalue weighted by atomic mass is 16.5. The average Bonchev–Trinajstić information content (AvgIpc) is 2.79. The Morgan fingerprint density at radius 1 is 1.20 bits per heavy atom. The Hall–Kier alpha value is -3.00. The summed E-state index contributed by atoms with van der Waals surface area (Å²) >= 11 is 0. The van der Waals surface area contributed by atoms with Crippen molar-refractivity contribution in [3.8, 4) is 11.5 Å². The minimum absolute atomic E-state index is 0.518. The van der Waals surface area contributed by atoms with Crippen LogP contribution in [-0.2, 0) is 11.3 Å². The molecule has 8 heteroatoms. The smallest absolute Gasteiger partial charge is 0.196 e. The van der Waals surface area contributed by atoms with E-state index in [-0.39, 0.29) is 0 Å². The van der Waals surface area contributed by atoms with Gasteiger partial charge in [0.05, 0.1) is 33.5 Å². The highest BCUT2D eigenvalue weighted by molar-refractivity contribution is 5.94. The van der Waals surface area contributed by atoms with E-state index in [4.69, 9.17) is 19.2 Å². The van der Waals surface area contributed by atoms with Gasteiger partial charge in [0.2, 0.25) is 0 Å². The van der Waals surface area contributed by atoms with Crippen LogP contribution in [0.3, 0.4) is 0 Å². The zero-order chi connectivity index (χ0) is 21.2. The number of methoxy groups -OCH3 is 1. The molecule has 1 aliphatic heterocycles. The maximum atomic E-state index is 5.59. The SMILES string of the molecule is CCNC(=NCc1cccnc1N1CCOCC1)Nc1ccc(OCC)c(OC)c1. The Balaban J connectivity index is 1.75. The lowest BCUT2D eigenvalue weighted by atomic mass is 10.2. The molecule has 1 saturated heterocycles. The molecule has 0 spiro atoms. The molecule has 1 fully saturated rings. The van der Waals surface area contributed by atoms with Gasteiger partial charge in [0, 0.05) is 43.1 Å². The highest BCUT2D eigenvalue weighted by Gasteiger charge is 2.15. The fourth-order valence-electron chi connectivity index (χ4n) is 3.24. The van der Waals surface area contributed by atoms with Crippen molar-refractivity contribution in [1.82, 2.24) is 10.3 Å². The molecule has 2 aromatic rings. The molecule has 162 valence electrons. The summed E-state index contributed by atoms with van der Waals surface area (Å²) in [5.74, 6) is 3.07. The van der Waals surface area contributed by atoms with Crippen molar-refractivity contribution < 1.29 is 14.2 Å². The lowest BCUT2D eigenvalue weighted by Crippen LogP contribution is -2.37. The summed E-state index contributed by atoms with van der Waals surface area (Å²) in [5, 5.41) is 6.63. The van der Waals surface area contributed by atoms with Gasteiger partial charge < -0.3 is 29.7 Å². The first-order chi connectivity index (χ1) is 14.7. The number of hydrogen-bond donors (Lipinski definition) is 2. The van der Waals surface area contributed by atoms with Crippen LogP contribution >= 0.6 is 0 Å². The first-order valence-electron chi connectivity index (χ1n) is 10.4. The van der Waals surface area contributed by atoms with E-state index in [1.165, 1.54) is 0 Å². The Morgan fingerprint density at radius 2 is 2.03 bits per heavy atom. The van der Waals surface area contributed by atoms with Gasteiger partial charge in [-0.1, -0.05) is 6.07 Å². The van der Waals surface area contributed by atoms with Crippen molar-refractivity contribution in [2.75, 3.05) is 56.8 Å². The molecule has 1 aromatic heterocycles. The molecular weight excluding hydrogens is 382 g/mol. The van der Waals surface area contributed by atoms with Gasteiger partial charge in [-0.15, -0.1) is 0 Å². The summed E-state index contributed by atoms with van der Waals surface area (Å²) in [7, 11) is 1.64. The van der Waals surface area contributed by atoms with Gasteiger partial charge in [-0.25, -0.2) is 9.98 Å². The predicted octanol–water partition coefficient (Wildman–Crippen LogP) is 2.90. The molecule has 0 unspecified atom stereocenters. The van der Waals surface area contributed by atoms with Crippen molar-refractivity contribution in [3.05, 3.63) is 42.1 Å². The van der Waals surface area contributed by atoms with Crippen LogP contribution in [0.2, 0.25) is 0 Å². The second-order valence-corrected chi connectivity index (χ2v) is 6.70. The molecule has 0 atom stereocenters. The molecular formula is C22H31N5O3. The van der Waals surface area contributed by atoms with E-state index in [2.05, 4.69) is 26.6 Å². The van der Waals surface area contributed by atoms with E-state index in [1.807, 2.05) is 44.3 Å². The number of rotatable bonds is 8. The summed E-state index contributed by atoms with van der Waals surface area (Å²) in [6.45, 7) is 8.99. The van der Waals surface area contributed by atoms with Crippen LogP contribution in [-0.4, -0.2) is 57.5 Å². The van der Waals surface area contributed by atoms with Crippen molar-refractivity contribution in [3.63, 3.8) is 0 Å². The van der Waals surface area contributed by atoms with Gasteiger partial charge in [-0.05, 0) is 32.0 Å². The number of morpholine rings is 1. The Bertz CT molecular complexity index is 837. The molecule has 30 heavy (non-hydrogen) atoms. The van der Waals surface area contributed by atoms with Crippen LogP contribution in [0.1, 0.15) is 19.4 Å². The van der Waals surface area contributed by atoms with Crippen molar-refractivity contribution >= 4 is 17.5 Å². The van der Waals surface area contributed by atoms with E-state index in [1.54, 1.807) is 7.11 Å². The topological polar surface area (TPSA) is 80.2 Å². The summed E-state index contributed by atoms with van der Waals surface area (Å²) in [5.41, 5.74) is 1.95. The van der Waals surface area contributed by atoms with Crippen molar-refractivity contribution in [2.45, 2.75) is 20.4 Å². The molecule has 0 amide bonds. The minimum atomic E-state index is 0.518. The number of aliphatic imine (C=N–C) groups is 1. The number of aromatic nitrogens is 1. The van der Waals surface area contributed by atoms with Gasteiger partial charge in [-0.3, -0.25) is 0 Å². The molecule has 0 aliphatic carbocycles. The van der Waals surface area contributed by atoms with E-state index in [0.717, 1.165) is 55.7 Å². The van der Waals surface area contributed by atoms with Crippen molar-refractivity contribution in [2.24, 2.45) is 4.99 Å². The van der Waals surface area contributed by atoms with Crippen LogP contribution < -0.4 is 25.0 Å². The summed E-state index contributed by atoms with van der Waals surface area (Å²) in [6.07, 6.45) is 1.83. The Kier molecular flexibility index (Phi) is 8.14. The Labute approximate surface area is 178 Å². The third kappa shape index (κ3) is 5.76. The molecule has 2 heterocycles. The van der Waals surface area contributed by atoms with Gasteiger partial charge >= 0.3 is 0 Å². The van der Waals surface area contributed by atoms with Gasteiger partial charge in [0.25, 0.3) is 0 Å². The Morgan fingerprint density at radius 3 is 2.77 bits per heavy atom. The number of anilines is 2. The highest BCUT2D eigenvalue weighted by Crippen LogP contribution is 2.30. The number of nitrogens with zero attached hydrogens (tertiary/aromatic N) is 3. The lowest BCUT2D eigenvalue weighted by Gasteiger charge is -2.29. The molecule has 0 radical (unpaired) electrons. The summed E-state index contributed by atoms with van der Waals surface area (Å²) in [4.78, 5) is 11.6. The first kappa shape index (κ1) is 21.7. The normalized spacial score (nSPS) is 14.4. The van der Waals surface area contributed by atoms with E-state index in [0.29, 0.717) is 24.9 Å². The van der Waals surface area contributed by atoms with Crippen LogP contribution in [0.5, 0.6) is 11.5 Å². The van der Waals surface area contributed by atoms with Crippen LogP contribution in [0.25, 0.3) is 0 Å². The fourth-order valence-corrected chi connectivity index (χ4v) is 3.24. The van der Waals surface area contributed by atoms with E-state index < -0.39 is 0 Å². The minimum Gasteiger partial charge on any atom is -0.493 e. The number of ether oxygens (including phenoxy) is 3. The van der Waals surface area contributed by atoms with E-state index in [9.17, 15) is 0 Å². The third-order valence-electron chi connectivity index (χ3n) is 4.66. The van der Waals surface area contributed by atoms with Crippen LogP contribution in [0, 0.1) is 0 Å². The fraction of sp³-hybridized carbons (Fsp3) is 0.455. The molecule has 0 saturated carbocycles. The summed E-state index contributed by atoms with van der Waals surface area (Å²) < 4.78 is 16.5. The van der Waals surface area contributed by atoms with Gasteiger partial charge in [0.1, 0.15) is 5.82 Å². The monoisotopic (exact) mass is 413 g/mol. The standard InChI is InChI=1S/C22H31N5O3/c1-4-23-22(26-18-8-9-19(30-5-2)20(15-18)28-3)25-16-17-7-6-10-24-21(17)27-11-13-29-14-12-27/h6-10,15H,4-5,11-14,16H2,1-3H3,(H2,23,25,26). The molecule has 0 bridgehead atoms. The number of nitrogens with one attached hydrogen (secondary N) is 2. The molecule has 1 aromatic carbocycles. The van der Waals surface area contributed by atoms with E-state index >= 15 is 0 Å². The van der Waals surface area contributed by atoms with Crippen molar-refractivity contribution in [1.29, 1.82) is 0 Å². The first-order valence-corrected chi connectivity index (χ1v) is 10.4. The lowest BCUT2D eigenvalue weighted by molar-refractivity contribution is 0.122. The quantitative estimate of drug-likeness (QED) is 0.509. The number of benzene rings is 1. The maximum Gasteiger partial charge on any atom is 0.196 e. The molecule has 3 rings (SSSR count). The summed E-state index contributed by atoms with van der Waals surface area (Å²) in [6, 6.07) is 9.77. The second-order valence-electron chi connectivity index (χ2n) is 6.70. The maximum absolute atomic E-state index is 5.59. The molecule has 8 nitrogen and oxygen atoms in total. The predicted molar refractivity (Wildman–Crippen MR) is 120 cm³/mol. The zero-order valence-electron chi connectivity index (χ0n) is 18.0. The van der Waals surface area contributed by atoms with Crippen LogP contribution in [0.15, 0.2) is 41.5 Å². The second kappa shape index (κ2) is 11.3.